The maximum atomic E-state index is 10.8. The summed E-state index contributed by atoms with van der Waals surface area (Å²) in [6.07, 6.45) is 0.458. The Kier molecular flexibility index (Phi) is 5.03. The van der Waals surface area contributed by atoms with Gasteiger partial charge in [-0.1, -0.05) is 6.07 Å². The quantitative estimate of drug-likeness (QED) is 0.852. The largest absolute Gasteiger partial charge is 0.493 e. The van der Waals surface area contributed by atoms with Crippen molar-refractivity contribution in [2.75, 3.05) is 27.2 Å². The lowest BCUT2D eigenvalue weighted by Gasteiger charge is -2.29. The molecule has 116 valence electrons. The molecule has 1 fully saturated rings. The number of ether oxygens (including phenoxy) is 2. The number of hydrogen-bond acceptors (Lipinski definition) is 5. The van der Waals surface area contributed by atoms with E-state index in [-0.39, 0.29) is 11.7 Å². The predicted molar refractivity (Wildman–Crippen MR) is 76.7 cm³/mol. The lowest BCUT2D eigenvalue weighted by molar-refractivity contribution is -0.146. The molecule has 2 rings (SSSR count). The number of aliphatic hydroxyl groups is 1. The first-order chi connectivity index (χ1) is 10.0. The Hall–Kier alpha value is -1.79. The minimum atomic E-state index is -1.56. The van der Waals surface area contributed by atoms with Gasteiger partial charge in [0.2, 0.25) is 0 Å². The van der Waals surface area contributed by atoms with Gasteiger partial charge < -0.3 is 24.6 Å². The van der Waals surface area contributed by atoms with Gasteiger partial charge in [-0.2, -0.15) is 0 Å². The van der Waals surface area contributed by atoms with Crippen molar-refractivity contribution >= 4 is 5.97 Å². The molecule has 21 heavy (non-hydrogen) atoms. The van der Waals surface area contributed by atoms with Crippen molar-refractivity contribution in [3.63, 3.8) is 0 Å². The lowest BCUT2D eigenvalue weighted by atomic mass is 10.1. The van der Waals surface area contributed by atoms with Gasteiger partial charge in [-0.05, 0) is 37.6 Å². The monoisotopic (exact) mass is 295 g/mol. The smallest absolute Gasteiger partial charge is 0.337 e. The Labute approximate surface area is 123 Å². The SMILES string of the molecule is COc1cc(C(O)C(=O)O)ccc1OC1CCN(C)CC1. The van der Waals surface area contributed by atoms with Crippen LogP contribution >= 0.6 is 0 Å². The molecule has 1 heterocycles. The first-order valence-electron chi connectivity index (χ1n) is 6.95. The van der Waals surface area contributed by atoms with Gasteiger partial charge in [0, 0.05) is 13.1 Å². The molecule has 0 amide bonds. The van der Waals surface area contributed by atoms with Crippen LogP contribution in [0.4, 0.5) is 0 Å². The fourth-order valence-corrected chi connectivity index (χ4v) is 2.38. The van der Waals surface area contributed by atoms with Crippen LogP contribution < -0.4 is 9.47 Å². The van der Waals surface area contributed by atoms with Crippen LogP contribution in [0.25, 0.3) is 0 Å². The zero-order valence-corrected chi connectivity index (χ0v) is 12.3. The summed E-state index contributed by atoms with van der Waals surface area (Å²) in [6.45, 7) is 1.98. The van der Waals surface area contributed by atoms with E-state index in [4.69, 9.17) is 14.6 Å². The number of aliphatic carboxylic acids is 1. The van der Waals surface area contributed by atoms with Crippen molar-refractivity contribution < 1.29 is 24.5 Å². The highest BCUT2D eigenvalue weighted by Crippen LogP contribution is 2.32. The summed E-state index contributed by atoms with van der Waals surface area (Å²) in [7, 11) is 3.58. The third kappa shape index (κ3) is 3.86. The summed E-state index contributed by atoms with van der Waals surface area (Å²) < 4.78 is 11.2. The summed E-state index contributed by atoms with van der Waals surface area (Å²) in [6, 6.07) is 4.70. The number of rotatable bonds is 5. The van der Waals surface area contributed by atoms with Crippen LogP contribution in [-0.4, -0.2) is 54.4 Å². The number of carbonyl (C=O) groups is 1. The first-order valence-corrected chi connectivity index (χ1v) is 6.95. The highest BCUT2D eigenvalue weighted by atomic mass is 16.5. The highest BCUT2D eigenvalue weighted by molar-refractivity contribution is 5.74. The van der Waals surface area contributed by atoms with Crippen molar-refractivity contribution in [3.05, 3.63) is 23.8 Å². The van der Waals surface area contributed by atoms with E-state index in [1.165, 1.54) is 13.2 Å². The third-order valence-corrected chi connectivity index (χ3v) is 3.70. The van der Waals surface area contributed by atoms with Crippen LogP contribution in [0, 0.1) is 0 Å². The van der Waals surface area contributed by atoms with Gasteiger partial charge in [-0.15, -0.1) is 0 Å². The molecule has 1 aromatic carbocycles. The Morgan fingerprint density at radius 3 is 2.57 bits per heavy atom. The number of carboxylic acid groups (broad SMARTS) is 1. The summed E-state index contributed by atoms with van der Waals surface area (Å²) in [5, 5.41) is 18.4. The molecule has 1 aliphatic rings. The summed E-state index contributed by atoms with van der Waals surface area (Å²) in [4.78, 5) is 13.1. The summed E-state index contributed by atoms with van der Waals surface area (Å²) >= 11 is 0. The van der Waals surface area contributed by atoms with Gasteiger partial charge >= 0.3 is 5.97 Å². The Morgan fingerprint density at radius 1 is 1.33 bits per heavy atom. The van der Waals surface area contributed by atoms with Crippen molar-refractivity contribution in [2.45, 2.75) is 25.0 Å². The average Bonchev–Trinajstić information content (AvgIpc) is 2.49. The van der Waals surface area contributed by atoms with Gasteiger partial charge in [0.15, 0.2) is 17.6 Å². The molecule has 0 aliphatic carbocycles. The van der Waals surface area contributed by atoms with E-state index in [9.17, 15) is 9.90 Å². The summed E-state index contributed by atoms with van der Waals surface area (Å²) in [5.41, 5.74) is 0.273. The zero-order valence-electron chi connectivity index (χ0n) is 12.3. The predicted octanol–water partition coefficient (Wildman–Crippen LogP) is 1.29. The fraction of sp³-hybridized carbons (Fsp3) is 0.533. The normalized spacial score (nSPS) is 18.2. The number of nitrogens with zero attached hydrogens (tertiary/aromatic N) is 1. The molecule has 0 bridgehead atoms. The molecular formula is C15H21NO5. The molecule has 0 radical (unpaired) electrons. The van der Waals surface area contributed by atoms with Crippen LogP contribution in [0.3, 0.4) is 0 Å². The van der Waals surface area contributed by atoms with E-state index < -0.39 is 12.1 Å². The Morgan fingerprint density at radius 2 is 2.00 bits per heavy atom. The number of piperidine rings is 1. The molecule has 1 aliphatic heterocycles. The second-order valence-electron chi connectivity index (χ2n) is 5.27. The molecule has 0 saturated carbocycles. The highest BCUT2D eigenvalue weighted by Gasteiger charge is 2.21. The van der Waals surface area contributed by atoms with Gasteiger partial charge in [0.1, 0.15) is 6.10 Å². The lowest BCUT2D eigenvalue weighted by Crippen LogP contribution is -2.35. The van der Waals surface area contributed by atoms with Crippen LogP contribution in [0.2, 0.25) is 0 Å². The Bertz CT molecular complexity index is 497. The van der Waals surface area contributed by atoms with Gasteiger partial charge in [0.05, 0.1) is 7.11 Å². The molecule has 1 unspecified atom stereocenters. The molecule has 1 saturated heterocycles. The molecule has 1 aromatic rings. The number of benzene rings is 1. The number of likely N-dealkylation sites (tertiary alicyclic amines) is 1. The molecule has 2 N–H and O–H groups in total. The van der Waals surface area contributed by atoms with Crippen LogP contribution in [-0.2, 0) is 4.79 Å². The molecule has 6 nitrogen and oxygen atoms in total. The van der Waals surface area contributed by atoms with Crippen LogP contribution in [0.1, 0.15) is 24.5 Å². The minimum Gasteiger partial charge on any atom is -0.493 e. The number of hydrogen-bond donors (Lipinski definition) is 2. The first kappa shape index (κ1) is 15.6. The van der Waals surface area contributed by atoms with E-state index in [0.717, 1.165) is 25.9 Å². The number of carboxylic acids is 1. The third-order valence-electron chi connectivity index (χ3n) is 3.70. The number of aliphatic hydroxyl groups excluding tert-OH is 1. The van der Waals surface area contributed by atoms with E-state index in [0.29, 0.717) is 11.5 Å². The number of methoxy groups -OCH3 is 1. The van der Waals surface area contributed by atoms with Crippen molar-refractivity contribution in [2.24, 2.45) is 0 Å². The zero-order chi connectivity index (χ0) is 15.4. The molecule has 1 atom stereocenters. The van der Waals surface area contributed by atoms with Crippen LogP contribution in [0.5, 0.6) is 11.5 Å². The van der Waals surface area contributed by atoms with E-state index in [1.54, 1.807) is 12.1 Å². The van der Waals surface area contributed by atoms with Crippen molar-refractivity contribution in [1.29, 1.82) is 0 Å². The Balaban J connectivity index is 2.11. The van der Waals surface area contributed by atoms with Crippen LogP contribution in [0.15, 0.2) is 18.2 Å². The minimum absolute atomic E-state index is 0.130. The molecular weight excluding hydrogens is 274 g/mol. The van der Waals surface area contributed by atoms with E-state index in [2.05, 4.69) is 11.9 Å². The van der Waals surface area contributed by atoms with Crippen molar-refractivity contribution in [3.8, 4) is 11.5 Å². The molecule has 0 spiro atoms. The van der Waals surface area contributed by atoms with Gasteiger partial charge in [-0.3, -0.25) is 0 Å². The fourth-order valence-electron chi connectivity index (χ4n) is 2.38. The second kappa shape index (κ2) is 6.78. The standard InChI is InChI=1S/C15H21NO5/c1-16-7-5-11(6-8-16)21-12-4-3-10(9-13(12)20-2)14(17)15(18)19/h3-4,9,11,14,17H,5-8H2,1-2H3,(H,18,19). The van der Waals surface area contributed by atoms with E-state index in [1.807, 2.05) is 0 Å². The van der Waals surface area contributed by atoms with Gasteiger partial charge in [0.25, 0.3) is 0 Å². The van der Waals surface area contributed by atoms with Crippen molar-refractivity contribution in [1.82, 2.24) is 4.90 Å². The molecule has 0 aromatic heterocycles. The summed E-state index contributed by atoms with van der Waals surface area (Å²) in [5.74, 6) is -0.277. The topological polar surface area (TPSA) is 79.2 Å². The average molecular weight is 295 g/mol. The molecule has 6 heteroatoms. The maximum absolute atomic E-state index is 10.8. The maximum Gasteiger partial charge on any atom is 0.337 e. The van der Waals surface area contributed by atoms with E-state index >= 15 is 0 Å². The second-order valence-corrected chi connectivity index (χ2v) is 5.27. The van der Waals surface area contributed by atoms with Gasteiger partial charge in [-0.25, -0.2) is 4.79 Å².